The van der Waals surface area contributed by atoms with E-state index in [1.807, 2.05) is 20.8 Å². The molecule has 32 heavy (non-hydrogen) atoms. The third-order valence-corrected chi connectivity index (χ3v) is 6.03. The zero-order valence-corrected chi connectivity index (χ0v) is 20.1. The lowest BCUT2D eigenvalue weighted by Crippen LogP contribution is -2.63. The first kappa shape index (κ1) is 23.9. The Bertz CT molecular complexity index is 1070. The van der Waals surface area contributed by atoms with Crippen molar-refractivity contribution in [3.63, 3.8) is 0 Å². The van der Waals surface area contributed by atoms with Gasteiger partial charge >= 0.3 is 6.03 Å². The Morgan fingerprint density at radius 2 is 1.81 bits per heavy atom. The van der Waals surface area contributed by atoms with Crippen molar-refractivity contribution in [2.45, 2.75) is 45.6 Å². The topological polar surface area (TPSA) is 104 Å². The molecule has 0 radical (unpaired) electrons. The molecule has 0 unspecified atom stereocenters. The van der Waals surface area contributed by atoms with Crippen LogP contribution < -0.4 is 16.0 Å². The van der Waals surface area contributed by atoms with E-state index in [0.717, 1.165) is 0 Å². The van der Waals surface area contributed by atoms with Gasteiger partial charge in [-0.05, 0) is 26.0 Å². The first-order valence-corrected chi connectivity index (χ1v) is 10.8. The highest BCUT2D eigenvalue weighted by atomic mass is 35.5. The van der Waals surface area contributed by atoms with Gasteiger partial charge in [-0.15, -0.1) is 0 Å². The lowest BCUT2D eigenvalue weighted by molar-refractivity contribution is -0.133. The van der Waals surface area contributed by atoms with Gasteiger partial charge in [0, 0.05) is 24.6 Å². The number of halogens is 2. The maximum absolute atomic E-state index is 13.4. The van der Waals surface area contributed by atoms with Crippen molar-refractivity contribution >= 4 is 52.4 Å². The van der Waals surface area contributed by atoms with Crippen LogP contribution in [0.4, 0.5) is 16.2 Å². The van der Waals surface area contributed by atoms with Crippen LogP contribution in [0.5, 0.6) is 0 Å². The van der Waals surface area contributed by atoms with Crippen molar-refractivity contribution < 1.29 is 18.8 Å². The van der Waals surface area contributed by atoms with Crippen LogP contribution >= 0.6 is 23.2 Å². The minimum atomic E-state index is -1.07. The molecule has 1 aliphatic heterocycles. The van der Waals surface area contributed by atoms with Crippen LogP contribution in [0.25, 0.3) is 0 Å². The van der Waals surface area contributed by atoms with Gasteiger partial charge in [0.25, 0.3) is 5.91 Å². The fourth-order valence-corrected chi connectivity index (χ4v) is 3.61. The second kappa shape index (κ2) is 8.67. The van der Waals surface area contributed by atoms with Crippen molar-refractivity contribution in [2.24, 2.45) is 0 Å². The minimum Gasteiger partial charge on any atom is -0.453 e. The van der Waals surface area contributed by atoms with Gasteiger partial charge in [0.2, 0.25) is 11.7 Å². The van der Waals surface area contributed by atoms with E-state index in [9.17, 15) is 14.4 Å². The van der Waals surface area contributed by atoms with E-state index in [4.69, 9.17) is 27.6 Å². The van der Waals surface area contributed by atoms with E-state index in [0.29, 0.717) is 29.6 Å². The fourth-order valence-electron chi connectivity index (χ4n) is 3.27. The van der Waals surface area contributed by atoms with Crippen LogP contribution in [-0.4, -0.2) is 41.4 Å². The molecule has 3 rings (SSSR count). The lowest BCUT2D eigenvalue weighted by Gasteiger charge is -2.40. The molecule has 1 fully saturated rings. The summed E-state index contributed by atoms with van der Waals surface area (Å²) in [6.07, 6.45) is 0. The molecule has 4 amide bonds. The van der Waals surface area contributed by atoms with Gasteiger partial charge < -0.3 is 25.3 Å². The van der Waals surface area contributed by atoms with Crippen molar-refractivity contribution in [2.75, 3.05) is 23.7 Å². The molecule has 172 valence electrons. The van der Waals surface area contributed by atoms with Crippen LogP contribution in [0, 0.1) is 0 Å². The Labute approximate surface area is 196 Å². The van der Waals surface area contributed by atoms with Gasteiger partial charge in [0.1, 0.15) is 11.3 Å². The molecule has 2 heterocycles. The Hall–Kier alpha value is -2.71. The van der Waals surface area contributed by atoms with Gasteiger partial charge in [-0.1, -0.05) is 50.0 Å². The van der Waals surface area contributed by atoms with E-state index < -0.39 is 22.9 Å². The summed E-state index contributed by atoms with van der Waals surface area (Å²) in [5.74, 6) is -0.291. The number of nitrogens with zero attached hydrogens (tertiary/aromatic N) is 1. The van der Waals surface area contributed by atoms with Crippen LogP contribution in [0.15, 0.2) is 28.7 Å². The minimum absolute atomic E-state index is 0.0509. The molecular formula is C22H26Cl2N4O4. The van der Waals surface area contributed by atoms with Crippen LogP contribution in [0.1, 0.15) is 50.9 Å². The lowest BCUT2D eigenvalue weighted by atomic mass is 9.93. The number of piperazine rings is 1. The standard InChI is InChI=1S/C22H26Cl2N4O4/c1-21(2,3)15-11-14(27-20(31)26-13-8-6-7-12(23)16(13)24)17(32-15)18(29)28-10-9-25-19(30)22(28,4)5/h6-8,11H,9-10H2,1-5H3,(H,25,30)(H2,26,27,31). The zero-order valence-electron chi connectivity index (χ0n) is 18.6. The Morgan fingerprint density at radius 3 is 2.47 bits per heavy atom. The van der Waals surface area contributed by atoms with E-state index in [2.05, 4.69) is 16.0 Å². The summed E-state index contributed by atoms with van der Waals surface area (Å²) in [7, 11) is 0. The number of furan rings is 1. The number of anilines is 2. The van der Waals surface area contributed by atoms with Gasteiger partial charge in [0.05, 0.1) is 21.4 Å². The molecule has 1 aliphatic rings. The summed E-state index contributed by atoms with van der Waals surface area (Å²) >= 11 is 12.1. The molecule has 10 heteroatoms. The Kier molecular flexibility index (Phi) is 6.49. The summed E-state index contributed by atoms with van der Waals surface area (Å²) in [5, 5.41) is 8.53. The number of amides is 4. The van der Waals surface area contributed by atoms with E-state index in [-0.39, 0.29) is 22.4 Å². The van der Waals surface area contributed by atoms with Gasteiger partial charge in [0.15, 0.2) is 0 Å². The highest BCUT2D eigenvalue weighted by Gasteiger charge is 2.42. The Balaban J connectivity index is 1.92. The predicted molar refractivity (Wildman–Crippen MR) is 125 cm³/mol. The van der Waals surface area contributed by atoms with Crippen LogP contribution in [0.2, 0.25) is 10.0 Å². The summed E-state index contributed by atoms with van der Waals surface area (Å²) in [4.78, 5) is 39.8. The number of carbonyl (C=O) groups is 3. The second-order valence-corrected chi connectivity index (χ2v) is 9.84. The molecule has 0 spiro atoms. The number of urea groups is 1. The SMILES string of the molecule is CC(C)(C)c1cc(NC(=O)Nc2cccc(Cl)c2Cl)c(C(=O)N2CCNC(=O)C2(C)C)o1. The molecule has 2 aromatic rings. The smallest absolute Gasteiger partial charge is 0.323 e. The quantitative estimate of drug-likeness (QED) is 0.582. The maximum Gasteiger partial charge on any atom is 0.323 e. The number of hydrogen-bond donors (Lipinski definition) is 3. The largest absolute Gasteiger partial charge is 0.453 e. The number of hydrogen-bond acceptors (Lipinski definition) is 4. The van der Waals surface area contributed by atoms with Crippen molar-refractivity contribution in [3.8, 4) is 0 Å². The molecule has 1 saturated heterocycles. The van der Waals surface area contributed by atoms with E-state index >= 15 is 0 Å². The molecule has 0 bridgehead atoms. The molecule has 8 nitrogen and oxygen atoms in total. The summed E-state index contributed by atoms with van der Waals surface area (Å²) in [6.45, 7) is 9.74. The van der Waals surface area contributed by atoms with Crippen LogP contribution in [0.3, 0.4) is 0 Å². The summed E-state index contributed by atoms with van der Waals surface area (Å²) in [5.41, 5.74) is -0.982. The molecule has 0 atom stereocenters. The summed E-state index contributed by atoms with van der Waals surface area (Å²) < 4.78 is 5.90. The maximum atomic E-state index is 13.4. The predicted octanol–water partition coefficient (Wildman–Crippen LogP) is 4.88. The van der Waals surface area contributed by atoms with Gasteiger partial charge in [-0.3, -0.25) is 9.59 Å². The normalized spacial score (nSPS) is 15.8. The second-order valence-electron chi connectivity index (χ2n) is 9.06. The van der Waals surface area contributed by atoms with Gasteiger partial charge in [-0.2, -0.15) is 0 Å². The molecule has 3 N–H and O–H groups in total. The highest BCUT2D eigenvalue weighted by molar-refractivity contribution is 6.44. The monoisotopic (exact) mass is 480 g/mol. The molecule has 0 saturated carbocycles. The third kappa shape index (κ3) is 4.71. The average molecular weight is 481 g/mol. The average Bonchev–Trinajstić information content (AvgIpc) is 3.11. The highest BCUT2D eigenvalue weighted by Crippen LogP contribution is 2.34. The number of benzene rings is 1. The zero-order chi connectivity index (χ0) is 23.8. The molecule has 1 aromatic carbocycles. The molecular weight excluding hydrogens is 455 g/mol. The first-order chi connectivity index (χ1) is 14.8. The van der Waals surface area contributed by atoms with Crippen molar-refractivity contribution in [1.82, 2.24) is 10.2 Å². The number of nitrogens with one attached hydrogen (secondary N) is 3. The van der Waals surface area contributed by atoms with Crippen molar-refractivity contribution in [1.29, 1.82) is 0 Å². The summed E-state index contributed by atoms with van der Waals surface area (Å²) in [6, 6.07) is 5.85. The molecule has 0 aliphatic carbocycles. The Morgan fingerprint density at radius 1 is 1.16 bits per heavy atom. The number of rotatable bonds is 3. The van der Waals surface area contributed by atoms with Gasteiger partial charge in [-0.25, -0.2) is 4.79 Å². The van der Waals surface area contributed by atoms with E-state index in [1.165, 1.54) is 4.90 Å². The fraction of sp³-hybridized carbons (Fsp3) is 0.409. The molecule has 1 aromatic heterocycles. The third-order valence-electron chi connectivity index (χ3n) is 5.21. The van der Waals surface area contributed by atoms with Crippen LogP contribution in [-0.2, 0) is 10.2 Å². The first-order valence-electron chi connectivity index (χ1n) is 10.1. The van der Waals surface area contributed by atoms with Crippen molar-refractivity contribution in [3.05, 3.63) is 45.8 Å². The van der Waals surface area contributed by atoms with E-state index in [1.54, 1.807) is 38.1 Å². The number of carbonyl (C=O) groups excluding carboxylic acids is 3.